The van der Waals surface area contributed by atoms with Crippen LogP contribution in [0.15, 0.2) is 28.1 Å². The van der Waals surface area contributed by atoms with Crippen molar-refractivity contribution in [1.29, 1.82) is 0 Å². The first-order valence-electron chi connectivity index (χ1n) is 9.24. The van der Waals surface area contributed by atoms with Crippen LogP contribution in [0.5, 0.6) is 0 Å². The van der Waals surface area contributed by atoms with E-state index in [-0.39, 0.29) is 36.4 Å². The van der Waals surface area contributed by atoms with Crippen molar-refractivity contribution in [3.8, 4) is 0 Å². The fraction of sp³-hybridized carbons (Fsp3) is 0.579. The van der Waals surface area contributed by atoms with Crippen molar-refractivity contribution in [2.45, 2.75) is 31.7 Å². The van der Waals surface area contributed by atoms with E-state index < -0.39 is 9.84 Å². The lowest BCUT2D eigenvalue weighted by atomic mass is 10.1. The number of ether oxygens (including phenoxy) is 1. The topological polar surface area (TPSA) is 100 Å². The van der Waals surface area contributed by atoms with E-state index in [4.69, 9.17) is 4.74 Å². The van der Waals surface area contributed by atoms with Crippen molar-refractivity contribution in [3.05, 3.63) is 29.3 Å². The third kappa shape index (κ3) is 10.8. The SMILES string of the molecule is CCOCCCNC(=NCc1ccc(S(C)(=O)=O)c(C)c1)NCC(=O)N(C)C.I. The summed E-state index contributed by atoms with van der Waals surface area (Å²) in [5.74, 6) is 0.466. The Labute approximate surface area is 191 Å². The van der Waals surface area contributed by atoms with Crippen LogP contribution in [0.2, 0.25) is 0 Å². The molecule has 0 fully saturated rings. The van der Waals surface area contributed by atoms with Gasteiger partial charge in [-0.05, 0) is 37.5 Å². The molecule has 1 aromatic carbocycles. The van der Waals surface area contributed by atoms with E-state index in [2.05, 4.69) is 15.6 Å². The second kappa shape index (κ2) is 13.8. The number of benzene rings is 1. The van der Waals surface area contributed by atoms with Gasteiger partial charge in [-0.15, -0.1) is 24.0 Å². The van der Waals surface area contributed by atoms with Gasteiger partial charge in [0.1, 0.15) is 0 Å². The van der Waals surface area contributed by atoms with Crippen molar-refractivity contribution in [2.75, 3.05) is 46.7 Å². The predicted molar refractivity (Wildman–Crippen MR) is 127 cm³/mol. The number of hydrogen-bond acceptors (Lipinski definition) is 5. The summed E-state index contributed by atoms with van der Waals surface area (Å²) < 4.78 is 28.8. The monoisotopic (exact) mass is 540 g/mol. The highest BCUT2D eigenvalue weighted by Crippen LogP contribution is 2.17. The number of likely N-dealkylation sites (N-methyl/N-ethyl adjacent to an activating group) is 1. The molecule has 1 rings (SSSR count). The molecule has 0 aromatic heterocycles. The number of aryl methyl sites for hydroxylation is 1. The highest BCUT2D eigenvalue weighted by molar-refractivity contribution is 14.0. The van der Waals surface area contributed by atoms with Gasteiger partial charge in [-0.1, -0.05) is 12.1 Å². The minimum absolute atomic E-state index is 0. The van der Waals surface area contributed by atoms with Gasteiger partial charge in [-0.2, -0.15) is 0 Å². The van der Waals surface area contributed by atoms with E-state index in [1.807, 2.05) is 13.0 Å². The number of aliphatic imine (C=N–C) groups is 1. The number of hydrogen-bond donors (Lipinski definition) is 2. The summed E-state index contributed by atoms with van der Waals surface area (Å²) in [7, 11) is 0.152. The Morgan fingerprint density at radius 2 is 1.93 bits per heavy atom. The van der Waals surface area contributed by atoms with Crippen LogP contribution in [0.25, 0.3) is 0 Å². The molecule has 1 amide bonds. The average Bonchev–Trinajstić information content (AvgIpc) is 2.61. The maximum absolute atomic E-state index is 11.8. The largest absolute Gasteiger partial charge is 0.382 e. The highest BCUT2D eigenvalue weighted by Gasteiger charge is 2.11. The summed E-state index contributed by atoms with van der Waals surface area (Å²) in [5.41, 5.74) is 1.58. The number of amides is 1. The fourth-order valence-electron chi connectivity index (χ4n) is 2.41. The summed E-state index contributed by atoms with van der Waals surface area (Å²) >= 11 is 0. The number of rotatable bonds is 10. The molecule has 0 atom stereocenters. The van der Waals surface area contributed by atoms with Gasteiger partial charge < -0.3 is 20.3 Å². The number of sulfone groups is 1. The van der Waals surface area contributed by atoms with Crippen LogP contribution in [0.1, 0.15) is 24.5 Å². The normalized spacial score (nSPS) is 11.6. The summed E-state index contributed by atoms with van der Waals surface area (Å²) in [6, 6.07) is 5.18. The third-order valence-electron chi connectivity index (χ3n) is 3.93. The molecule has 29 heavy (non-hydrogen) atoms. The molecule has 166 valence electrons. The fourth-order valence-corrected chi connectivity index (χ4v) is 3.37. The molecule has 0 aliphatic heterocycles. The Kier molecular flexibility index (Phi) is 13.1. The lowest BCUT2D eigenvalue weighted by Crippen LogP contribution is -2.43. The van der Waals surface area contributed by atoms with Crippen LogP contribution < -0.4 is 10.6 Å². The Balaban J connectivity index is 0.00000784. The second-order valence-corrected chi connectivity index (χ2v) is 8.64. The van der Waals surface area contributed by atoms with Crippen LogP contribution in [-0.2, 0) is 25.9 Å². The standard InChI is InChI=1S/C19H32N4O4S.HI/c1-6-27-11-7-10-20-19(22-14-18(24)23(3)4)21-13-16-8-9-17(15(2)12-16)28(5,25)26;/h8-9,12H,6-7,10-11,13-14H2,1-5H3,(H2,20,21,22);1H. The Morgan fingerprint density at radius 1 is 1.24 bits per heavy atom. The molecular weight excluding hydrogens is 507 g/mol. The first kappa shape index (κ1) is 27.6. The minimum atomic E-state index is -3.24. The van der Waals surface area contributed by atoms with E-state index in [0.717, 1.165) is 12.0 Å². The van der Waals surface area contributed by atoms with Crippen LogP contribution in [0.3, 0.4) is 0 Å². The van der Waals surface area contributed by atoms with Gasteiger partial charge in [-0.25, -0.2) is 13.4 Å². The maximum atomic E-state index is 11.8. The first-order chi connectivity index (χ1) is 13.1. The van der Waals surface area contributed by atoms with E-state index in [0.29, 0.717) is 42.7 Å². The van der Waals surface area contributed by atoms with Crippen molar-refractivity contribution >= 4 is 45.7 Å². The Morgan fingerprint density at radius 3 is 2.48 bits per heavy atom. The molecule has 8 nitrogen and oxygen atoms in total. The van der Waals surface area contributed by atoms with Crippen LogP contribution in [-0.4, -0.2) is 71.8 Å². The van der Waals surface area contributed by atoms with E-state index in [1.54, 1.807) is 33.2 Å². The van der Waals surface area contributed by atoms with Gasteiger partial charge in [0, 0.05) is 40.1 Å². The molecule has 0 heterocycles. The Bertz CT molecular complexity index is 782. The zero-order valence-electron chi connectivity index (χ0n) is 17.8. The van der Waals surface area contributed by atoms with Crippen LogP contribution >= 0.6 is 24.0 Å². The number of nitrogens with one attached hydrogen (secondary N) is 2. The maximum Gasteiger partial charge on any atom is 0.241 e. The van der Waals surface area contributed by atoms with Crippen LogP contribution in [0, 0.1) is 6.92 Å². The van der Waals surface area contributed by atoms with Crippen LogP contribution in [0.4, 0.5) is 0 Å². The summed E-state index contributed by atoms with van der Waals surface area (Å²) in [6.45, 7) is 6.21. The zero-order chi connectivity index (χ0) is 21.2. The molecule has 0 spiro atoms. The molecule has 2 N–H and O–H groups in total. The van der Waals surface area contributed by atoms with Crippen molar-refractivity contribution in [1.82, 2.24) is 15.5 Å². The van der Waals surface area contributed by atoms with Gasteiger partial charge in [0.05, 0.1) is 18.0 Å². The molecule has 0 unspecified atom stereocenters. The first-order valence-corrected chi connectivity index (χ1v) is 11.1. The lowest BCUT2D eigenvalue weighted by Gasteiger charge is -2.15. The van der Waals surface area contributed by atoms with Gasteiger partial charge in [0.2, 0.25) is 5.91 Å². The predicted octanol–water partition coefficient (Wildman–Crippen LogP) is 1.57. The number of carbonyl (C=O) groups excluding carboxylic acids is 1. The Hall–Kier alpha value is -1.40. The zero-order valence-corrected chi connectivity index (χ0v) is 21.0. The quantitative estimate of drug-likeness (QED) is 0.202. The van der Waals surface area contributed by atoms with Gasteiger partial charge >= 0.3 is 0 Å². The molecular formula is C19H33IN4O4S. The number of carbonyl (C=O) groups is 1. The minimum Gasteiger partial charge on any atom is -0.382 e. The van der Waals surface area contributed by atoms with Crippen molar-refractivity contribution in [2.24, 2.45) is 4.99 Å². The highest BCUT2D eigenvalue weighted by atomic mass is 127. The summed E-state index contributed by atoms with van der Waals surface area (Å²) in [6.07, 6.45) is 2.02. The van der Waals surface area contributed by atoms with Crippen molar-refractivity contribution < 1.29 is 17.9 Å². The summed E-state index contributed by atoms with van der Waals surface area (Å²) in [4.78, 5) is 18.2. The molecule has 10 heteroatoms. The lowest BCUT2D eigenvalue weighted by molar-refractivity contribution is -0.127. The van der Waals surface area contributed by atoms with Gasteiger partial charge in [0.15, 0.2) is 15.8 Å². The van der Waals surface area contributed by atoms with Gasteiger partial charge in [-0.3, -0.25) is 4.79 Å². The smallest absolute Gasteiger partial charge is 0.241 e. The molecule has 0 aliphatic carbocycles. The molecule has 1 aromatic rings. The molecule has 0 radical (unpaired) electrons. The molecule has 0 saturated carbocycles. The van der Waals surface area contributed by atoms with E-state index in [1.165, 1.54) is 11.2 Å². The average molecular weight is 540 g/mol. The third-order valence-corrected chi connectivity index (χ3v) is 5.18. The molecule has 0 saturated heterocycles. The van der Waals surface area contributed by atoms with Gasteiger partial charge in [0.25, 0.3) is 0 Å². The van der Waals surface area contributed by atoms with Crippen molar-refractivity contribution in [3.63, 3.8) is 0 Å². The second-order valence-electron chi connectivity index (χ2n) is 6.66. The number of nitrogens with zero attached hydrogens (tertiary/aromatic N) is 2. The molecule has 0 aliphatic rings. The van der Waals surface area contributed by atoms with E-state index >= 15 is 0 Å². The number of halogens is 1. The van der Waals surface area contributed by atoms with E-state index in [9.17, 15) is 13.2 Å². The summed E-state index contributed by atoms with van der Waals surface area (Å²) in [5, 5.41) is 6.21. The molecule has 0 bridgehead atoms. The number of guanidine groups is 1.